The minimum absolute atomic E-state index is 0.0356. The number of carbonyl (C=O) groups excluding carboxylic acids is 1. The van der Waals surface area contributed by atoms with Crippen LogP contribution in [0.3, 0.4) is 0 Å². The molecule has 2 aliphatic rings. The molecule has 0 aromatic carbocycles. The van der Waals surface area contributed by atoms with E-state index < -0.39 is 9.84 Å². The van der Waals surface area contributed by atoms with Crippen molar-refractivity contribution in [3.8, 4) is 0 Å². The Kier molecular flexibility index (Phi) is 8.22. The molecule has 1 N–H and O–H groups in total. The van der Waals surface area contributed by atoms with Crippen LogP contribution in [0.1, 0.15) is 83.5 Å². The molecule has 1 atom stereocenters. The number of carbonyl (C=O) groups is 1. The van der Waals surface area contributed by atoms with Gasteiger partial charge in [0.1, 0.15) is 0 Å². The Morgan fingerprint density at radius 3 is 2.00 bits per heavy atom. The summed E-state index contributed by atoms with van der Waals surface area (Å²) in [5.41, 5.74) is 3.77. The SMILES string of the molecule is O=C(C[C@@H]1CCS(=O)(=O)C1)NN=C1CCCCCCCCCCC1. The van der Waals surface area contributed by atoms with Crippen LogP contribution in [0.15, 0.2) is 5.10 Å². The maximum Gasteiger partial charge on any atom is 0.240 e. The molecule has 2 rings (SSSR count). The molecule has 0 radical (unpaired) electrons. The van der Waals surface area contributed by atoms with E-state index in [2.05, 4.69) is 10.5 Å². The highest BCUT2D eigenvalue weighted by Crippen LogP contribution is 2.21. The summed E-state index contributed by atoms with van der Waals surface area (Å²) in [5.74, 6) is 0.193. The fourth-order valence-corrected chi connectivity index (χ4v) is 5.48. The third-order valence-electron chi connectivity index (χ3n) is 5.07. The predicted molar refractivity (Wildman–Crippen MR) is 97.7 cm³/mol. The Morgan fingerprint density at radius 2 is 1.50 bits per heavy atom. The van der Waals surface area contributed by atoms with Gasteiger partial charge in [0.2, 0.25) is 5.91 Å². The van der Waals surface area contributed by atoms with Crippen LogP contribution in [-0.4, -0.2) is 31.5 Å². The summed E-state index contributed by atoms with van der Waals surface area (Å²) >= 11 is 0. The Balaban J connectivity index is 1.77. The van der Waals surface area contributed by atoms with E-state index in [-0.39, 0.29) is 29.8 Å². The summed E-state index contributed by atoms with van der Waals surface area (Å²) in [7, 11) is -2.92. The van der Waals surface area contributed by atoms with Gasteiger partial charge in [0, 0.05) is 12.1 Å². The van der Waals surface area contributed by atoms with Crippen LogP contribution in [0.25, 0.3) is 0 Å². The summed E-state index contributed by atoms with van der Waals surface area (Å²) in [6.45, 7) is 0. The fraction of sp³-hybridized carbons (Fsp3) is 0.889. The highest BCUT2D eigenvalue weighted by Gasteiger charge is 2.29. The number of hydrogen-bond acceptors (Lipinski definition) is 4. The summed E-state index contributed by atoms with van der Waals surface area (Å²) in [6.07, 6.45) is 14.3. The summed E-state index contributed by atoms with van der Waals surface area (Å²) < 4.78 is 22.9. The quantitative estimate of drug-likeness (QED) is 0.785. The van der Waals surface area contributed by atoms with Crippen molar-refractivity contribution in [2.24, 2.45) is 11.0 Å². The predicted octanol–water partition coefficient (Wildman–Crippen LogP) is 3.59. The maximum absolute atomic E-state index is 12.0. The first-order valence-electron chi connectivity index (χ1n) is 9.60. The second-order valence-electron chi connectivity index (χ2n) is 7.37. The molecule has 24 heavy (non-hydrogen) atoms. The minimum Gasteiger partial charge on any atom is -0.273 e. The van der Waals surface area contributed by atoms with Gasteiger partial charge in [0.25, 0.3) is 0 Å². The maximum atomic E-state index is 12.0. The van der Waals surface area contributed by atoms with Gasteiger partial charge in [-0.1, -0.05) is 44.9 Å². The molecule has 2 fully saturated rings. The molecule has 1 saturated heterocycles. The number of hydrogen-bond donors (Lipinski definition) is 1. The number of rotatable bonds is 3. The number of hydrazone groups is 1. The van der Waals surface area contributed by atoms with Gasteiger partial charge in [-0.3, -0.25) is 4.79 Å². The van der Waals surface area contributed by atoms with Gasteiger partial charge >= 0.3 is 0 Å². The molecule has 1 aliphatic carbocycles. The second kappa shape index (κ2) is 10.2. The molecule has 1 heterocycles. The van der Waals surface area contributed by atoms with Crippen LogP contribution in [0.2, 0.25) is 0 Å². The molecule has 1 saturated carbocycles. The van der Waals surface area contributed by atoms with Gasteiger partial charge in [0.05, 0.1) is 11.5 Å². The van der Waals surface area contributed by atoms with Gasteiger partial charge in [-0.2, -0.15) is 5.10 Å². The molecule has 0 spiro atoms. The van der Waals surface area contributed by atoms with Crippen LogP contribution < -0.4 is 5.43 Å². The summed E-state index contributed by atoms with van der Waals surface area (Å²) in [4.78, 5) is 12.0. The molecular formula is C18H32N2O3S. The Bertz CT molecular complexity index is 514. The average Bonchev–Trinajstić information content (AvgIpc) is 2.85. The number of nitrogens with zero attached hydrogens (tertiary/aromatic N) is 1. The molecule has 1 aliphatic heterocycles. The van der Waals surface area contributed by atoms with Crippen molar-refractivity contribution in [2.75, 3.05) is 11.5 Å². The topological polar surface area (TPSA) is 75.6 Å². The molecular weight excluding hydrogens is 324 g/mol. The Labute approximate surface area is 146 Å². The van der Waals surface area contributed by atoms with Crippen LogP contribution in [0.5, 0.6) is 0 Å². The summed E-state index contributed by atoms with van der Waals surface area (Å²) in [5, 5.41) is 4.36. The van der Waals surface area contributed by atoms with Gasteiger partial charge < -0.3 is 0 Å². The third-order valence-corrected chi connectivity index (χ3v) is 6.91. The zero-order valence-electron chi connectivity index (χ0n) is 14.8. The van der Waals surface area contributed by atoms with Gasteiger partial charge in [-0.05, 0) is 38.0 Å². The zero-order chi connectivity index (χ0) is 17.3. The standard InChI is InChI=1S/C18H32N2O3S/c21-18(14-16-12-13-24(22,23)15-16)20-19-17-10-8-6-4-2-1-3-5-7-9-11-17/h16H,1-15H2,(H,20,21)/t16-/m0/s1. The van der Waals surface area contributed by atoms with Gasteiger partial charge in [-0.25, -0.2) is 13.8 Å². The fourth-order valence-electron chi connectivity index (χ4n) is 3.61. The average molecular weight is 357 g/mol. The molecule has 1 amide bonds. The van der Waals surface area contributed by atoms with Crippen LogP contribution in [-0.2, 0) is 14.6 Å². The molecule has 0 bridgehead atoms. The first-order valence-corrected chi connectivity index (χ1v) is 11.4. The Morgan fingerprint density at radius 1 is 0.958 bits per heavy atom. The van der Waals surface area contributed by atoms with Crippen molar-refractivity contribution < 1.29 is 13.2 Å². The van der Waals surface area contributed by atoms with Crippen LogP contribution >= 0.6 is 0 Å². The lowest BCUT2D eigenvalue weighted by atomic mass is 10.00. The van der Waals surface area contributed by atoms with Gasteiger partial charge in [-0.15, -0.1) is 0 Å². The molecule has 138 valence electrons. The van der Waals surface area contributed by atoms with Gasteiger partial charge in [0.15, 0.2) is 9.84 Å². The molecule has 0 aromatic heterocycles. The first-order chi connectivity index (χ1) is 11.6. The molecule has 0 aromatic rings. The van der Waals surface area contributed by atoms with Crippen LogP contribution in [0, 0.1) is 5.92 Å². The monoisotopic (exact) mass is 356 g/mol. The van der Waals surface area contributed by atoms with Crippen molar-refractivity contribution in [1.29, 1.82) is 0 Å². The van der Waals surface area contributed by atoms with Crippen molar-refractivity contribution in [3.05, 3.63) is 0 Å². The highest BCUT2D eigenvalue weighted by atomic mass is 32.2. The normalized spacial score (nSPS) is 26.2. The second-order valence-corrected chi connectivity index (χ2v) is 9.60. The van der Waals surface area contributed by atoms with Crippen molar-refractivity contribution >= 4 is 21.5 Å². The van der Waals surface area contributed by atoms with E-state index in [0.717, 1.165) is 31.4 Å². The molecule has 6 heteroatoms. The largest absolute Gasteiger partial charge is 0.273 e. The minimum atomic E-state index is -2.92. The van der Waals surface area contributed by atoms with E-state index in [1.807, 2.05) is 0 Å². The lowest BCUT2D eigenvalue weighted by Gasteiger charge is -2.10. The first kappa shape index (κ1) is 19.4. The van der Waals surface area contributed by atoms with Crippen molar-refractivity contribution in [2.45, 2.75) is 83.5 Å². The van der Waals surface area contributed by atoms with Crippen LogP contribution in [0.4, 0.5) is 0 Å². The lowest BCUT2D eigenvalue weighted by molar-refractivity contribution is -0.121. The third kappa shape index (κ3) is 7.77. The zero-order valence-corrected chi connectivity index (χ0v) is 15.6. The van der Waals surface area contributed by atoms with E-state index >= 15 is 0 Å². The molecule has 0 unspecified atom stereocenters. The number of nitrogens with one attached hydrogen (secondary N) is 1. The molecule has 5 nitrogen and oxygen atoms in total. The highest BCUT2D eigenvalue weighted by molar-refractivity contribution is 7.91. The number of sulfone groups is 1. The van der Waals surface area contributed by atoms with E-state index in [1.165, 1.54) is 44.9 Å². The van der Waals surface area contributed by atoms with E-state index in [4.69, 9.17) is 0 Å². The Hall–Kier alpha value is -0.910. The summed E-state index contributed by atoms with van der Waals surface area (Å²) in [6, 6.07) is 0. The smallest absolute Gasteiger partial charge is 0.240 e. The van der Waals surface area contributed by atoms with E-state index in [9.17, 15) is 13.2 Å². The van der Waals surface area contributed by atoms with Crippen molar-refractivity contribution in [1.82, 2.24) is 5.43 Å². The van der Waals surface area contributed by atoms with Crippen molar-refractivity contribution in [3.63, 3.8) is 0 Å². The number of amides is 1. The van der Waals surface area contributed by atoms with E-state index in [1.54, 1.807) is 0 Å². The van der Waals surface area contributed by atoms with E-state index in [0.29, 0.717) is 6.42 Å². The lowest BCUT2D eigenvalue weighted by Crippen LogP contribution is -2.23.